The van der Waals surface area contributed by atoms with E-state index in [2.05, 4.69) is 10.3 Å². The maximum Gasteiger partial charge on any atom is 0.253 e. The lowest BCUT2D eigenvalue weighted by Crippen LogP contribution is -2.27. The Morgan fingerprint density at radius 1 is 1.44 bits per heavy atom. The number of aromatic nitrogens is 1. The first kappa shape index (κ1) is 12.6. The van der Waals surface area contributed by atoms with Crippen molar-refractivity contribution in [1.82, 2.24) is 10.3 Å². The molecule has 0 spiro atoms. The monoisotopic (exact) mass is 246 g/mol. The van der Waals surface area contributed by atoms with E-state index in [1.165, 1.54) is 0 Å². The molecular formula is C14H18N2O2. The minimum atomic E-state index is -0.341. The van der Waals surface area contributed by atoms with Crippen LogP contribution in [0.1, 0.15) is 30.1 Å². The third-order valence-electron chi connectivity index (χ3n) is 3.07. The van der Waals surface area contributed by atoms with Crippen LogP contribution in [-0.2, 0) is 0 Å². The van der Waals surface area contributed by atoms with E-state index in [1.54, 1.807) is 6.07 Å². The number of aromatic amines is 1. The van der Waals surface area contributed by atoms with E-state index < -0.39 is 0 Å². The number of aliphatic hydroxyl groups excluding tert-OH is 1. The summed E-state index contributed by atoms with van der Waals surface area (Å²) < 4.78 is 0. The van der Waals surface area contributed by atoms with Crippen molar-refractivity contribution in [1.29, 1.82) is 0 Å². The maximum absolute atomic E-state index is 12.0. The van der Waals surface area contributed by atoms with E-state index in [0.29, 0.717) is 24.9 Å². The molecule has 0 saturated carbocycles. The zero-order chi connectivity index (χ0) is 13.0. The largest absolute Gasteiger partial charge is 0.393 e. The number of para-hydroxylation sites is 1. The molecule has 18 heavy (non-hydrogen) atoms. The molecule has 1 atom stereocenters. The summed E-state index contributed by atoms with van der Waals surface area (Å²) in [6.45, 7) is 2.41. The molecule has 0 aliphatic heterocycles. The summed E-state index contributed by atoms with van der Waals surface area (Å²) in [4.78, 5) is 15.1. The van der Waals surface area contributed by atoms with Crippen molar-refractivity contribution in [2.45, 2.75) is 25.9 Å². The SMILES string of the molecule is CCC(O)CCNC(=O)c1cccc2cc[nH]c12. The van der Waals surface area contributed by atoms with Gasteiger partial charge in [0.05, 0.1) is 17.2 Å². The van der Waals surface area contributed by atoms with Crippen molar-refractivity contribution in [2.24, 2.45) is 0 Å². The van der Waals surface area contributed by atoms with Gasteiger partial charge in [0.25, 0.3) is 5.91 Å². The van der Waals surface area contributed by atoms with Crippen LogP contribution in [0.15, 0.2) is 30.5 Å². The van der Waals surface area contributed by atoms with Crippen molar-refractivity contribution >= 4 is 16.8 Å². The number of rotatable bonds is 5. The Morgan fingerprint density at radius 2 is 2.28 bits per heavy atom. The fourth-order valence-electron chi connectivity index (χ4n) is 1.93. The summed E-state index contributed by atoms with van der Waals surface area (Å²) in [5.74, 6) is -0.105. The van der Waals surface area contributed by atoms with Gasteiger partial charge in [-0.25, -0.2) is 0 Å². The molecule has 1 aromatic carbocycles. The molecule has 2 rings (SSSR count). The number of aliphatic hydroxyl groups is 1. The van der Waals surface area contributed by atoms with Gasteiger partial charge in [-0.1, -0.05) is 19.1 Å². The van der Waals surface area contributed by atoms with E-state index in [4.69, 9.17) is 0 Å². The van der Waals surface area contributed by atoms with E-state index in [1.807, 2.05) is 31.3 Å². The highest BCUT2D eigenvalue weighted by molar-refractivity contribution is 6.05. The molecule has 3 N–H and O–H groups in total. The van der Waals surface area contributed by atoms with Gasteiger partial charge in [0.15, 0.2) is 0 Å². The first-order valence-electron chi connectivity index (χ1n) is 6.24. The average Bonchev–Trinajstić information content (AvgIpc) is 2.86. The highest BCUT2D eigenvalue weighted by atomic mass is 16.3. The smallest absolute Gasteiger partial charge is 0.253 e. The fraction of sp³-hybridized carbons (Fsp3) is 0.357. The van der Waals surface area contributed by atoms with Crippen molar-refractivity contribution in [3.05, 3.63) is 36.0 Å². The Balaban J connectivity index is 2.03. The molecule has 1 heterocycles. The van der Waals surface area contributed by atoms with Gasteiger partial charge in [-0.3, -0.25) is 4.79 Å². The van der Waals surface area contributed by atoms with Gasteiger partial charge in [0, 0.05) is 18.1 Å². The predicted octanol–water partition coefficient (Wildman–Crippen LogP) is 2.06. The third kappa shape index (κ3) is 2.71. The van der Waals surface area contributed by atoms with E-state index in [-0.39, 0.29) is 12.0 Å². The lowest BCUT2D eigenvalue weighted by molar-refractivity contribution is 0.0943. The summed E-state index contributed by atoms with van der Waals surface area (Å²) in [6.07, 6.45) is 2.78. The number of nitrogens with one attached hydrogen (secondary N) is 2. The molecule has 1 amide bonds. The number of H-pyrrole nitrogens is 1. The average molecular weight is 246 g/mol. The summed E-state index contributed by atoms with van der Waals surface area (Å²) in [7, 11) is 0. The van der Waals surface area contributed by atoms with Crippen molar-refractivity contribution in [3.63, 3.8) is 0 Å². The van der Waals surface area contributed by atoms with Gasteiger partial charge >= 0.3 is 0 Å². The number of hydrogen-bond acceptors (Lipinski definition) is 2. The molecule has 4 nitrogen and oxygen atoms in total. The molecule has 0 saturated heterocycles. The summed E-state index contributed by atoms with van der Waals surface area (Å²) in [6, 6.07) is 7.56. The standard InChI is InChI=1S/C14H18N2O2/c1-2-11(17)7-9-16-14(18)12-5-3-4-10-6-8-15-13(10)12/h3-6,8,11,15,17H,2,7,9H2,1H3,(H,16,18). The predicted molar refractivity (Wildman–Crippen MR) is 71.5 cm³/mol. The first-order valence-corrected chi connectivity index (χ1v) is 6.24. The van der Waals surface area contributed by atoms with Gasteiger partial charge < -0.3 is 15.4 Å². The third-order valence-corrected chi connectivity index (χ3v) is 3.07. The zero-order valence-corrected chi connectivity index (χ0v) is 10.4. The van der Waals surface area contributed by atoms with Crippen molar-refractivity contribution < 1.29 is 9.90 Å². The van der Waals surface area contributed by atoms with Crippen LogP contribution in [0.2, 0.25) is 0 Å². The zero-order valence-electron chi connectivity index (χ0n) is 10.4. The molecule has 0 radical (unpaired) electrons. The fourth-order valence-corrected chi connectivity index (χ4v) is 1.93. The quantitative estimate of drug-likeness (QED) is 0.756. The number of carbonyl (C=O) groups excluding carboxylic acids is 1. The molecule has 4 heteroatoms. The minimum Gasteiger partial charge on any atom is -0.393 e. The van der Waals surface area contributed by atoms with Crippen LogP contribution in [0.3, 0.4) is 0 Å². The lowest BCUT2D eigenvalue weighted by Gasteiger charge is -2.09. The summed E-state index contributed by atoms with van der Waals surface area (Å²) in [5, 5.41) is 13.3. The number of carbonyl (C=O) groups is 1. The molecule has 2 aromatic rings. The number of hydrogen-bond donors (Lipinski definition) is 3. The Hall–Kier alpha value is -1.81. The van der Waals surface area contributed by atoms with Gasteiger partial charge in [0.2, 0.25) is 0 Å². The summed E-state index contributed by atoms with van der Waals surface area (Å²) in [5.41, 5.74) is 1.49. The van der Waals surface area contributed by atoms with E-state index in [0.717, 1.165) is 10.9 Å². The molecule has 1 unspecified atom stereocenters. The lowest BCUT2D eigenvalue weighted by atomic mass is 10.1. The number of amides is 1. The van der Waals surface area contributed by atoms with Crippen molar-refractivity contribution in [3.8, 4) is 0 Å². The highest BCUT2D eigenvalue weighted by Crippen LogP contribution is 2.16. The molecule has 0 bridgehead atoms. The van der Waals surface area contributed by atoms with Gasteiger partial charge in [-0.15, -0.1) is 0 Å². The minimum absolute atomic E-state index is 0.105. The van der Waals surface area contributed by atoms with Crippen LogP contribution < -0.4 is 5.32 Å². The maximum atomic E-state index is 12.0. The topological polar surface area (TPSA) is 65.1 Å². The first-order chi connectivity index (χ1) is 8.72. The van der Waals surface area contributed by atoms with Crippen LogP contribution in [0.5, 0.6) is 0 Å². The Kier molecular flexibility index (Phi) is 3.99. The molecule has 0 aliphatic carbocycles. The molecule has 0 fully saturated rings. The molecule has 1 aromatic heterocycles. The van der Waals surface area contributed by atoms with Crippen LogP contribution >= 0.6 is 0 Å². The van der Waals surface area contributed by atoms with Gasteiger partial charge in [-0.05, 0) is 25.0 Å². The van der Waals surface area contributed by atoms with Crippen LogP contribution in [0.4, 0.5) is 0 Å². The van der Waals surface area contributed by atoms with Gasteiger partial charge in [0.1, 0.15) is 0 Å². The number of benzene rings is 1. The van der Waals surface area contributed by atoms with Crippen molar-refractivity contribution in [2.75, 3.05) is 6.54 Å². The number of fused-ring (bicyclic) bond motifs is 1. The Labute approximate surface area is 106 Å². The molecular weight excluding hydrogens is 228 g/mol. The second kappa shape index (κ2) is 5.69. The Morgan fingerprint density at radius 3 is 3.06 bits per heavy atom. The van der Waals surface area contributed by atoms with E-state index >= 15 is 0 Å². The second-order valence-corrected chi connectivity index (χ2v) is 4.35. The normalized spacial score (nSPS) is 12.6. The van der Waals surface area contributed by atoms with E-state index in [9.17, 15) is 9.90 Å². The van der Waals surface area contributed by atoms with Crippen LogP contribution in [0.25, 0.3) is 10.9 Å². The van der Waals surface area contributed by atoms with Crippen LogP contribution in [0, 0.1) is 0 Å². The van der Waals surface area contributed by atoms with Gasteiger partial charge in [-0.2, -0.15) is 0 Å². The second-order valence-electron chi connectivity index (χ2n) is 4.35. The highest BCUT2D eigenvalue weighted by Gasteiger charge is 2.10. The molecule has 0 aliphatic rings. The summed E-state index contributed by atoms with van der Waals surface area (Å²) >= 11 is 0. The Bertz CT molecular complexity index is 533. The molecule has 96 valence electrons. The van der Waals surface area contributed by atoms with Crippen LogP contribution in [-0.4, -0.2) is 28.6 Å².